The van der Waals surface area contributed by atoms with Crippen LogP contribution in [0.15, 0.2) is 29.2 Å². The maximum atomic E-state index is 9.36. The number of thioether (sulfide) groups is 1. The first-order chi connectivity index (χ1) is 7.00. The van der Waals surface area contributed by atoms with Gasteiger partial charge in [0.05, 0.1) is 12.2 Å². The maximum Gasteiger partial charge on any atom is 0.0761 e. The zero-order chi connectivity index (χ0) is 11.4. The maximum absolute atomic E-state index is 9.36. The van der Waals surface area contributed by atoms with E-state index in [4.69, 9.17) is 0 Å². The van der Waals surface area contributed by atoms with Gasteiger partial charge in [0, 0.05) is 10.1 Å². The normalized spacial score (nSPS) is 17.1. The van der Waals surface area contributed by atoms with Gasteiger partial charge < -0.3 is 10.2 Å². The Hall–Kier alpha value is -0.510. The lowest BCUT2D eigenvalue weighted by Crippen LogP contribution is -2.14. The Labute approximate surface area is 95.3 Å². The highest BCUT2D eigenvalue weighted by molar-refractivity contribution is 8.00. The topological polar surface area (TPSA) is 40.5 Å². The fourth-order valence-electron chi connectivity index (χ4n) is 1.14. The highest BCUT2D eigenvalue weighted by atomic mass is 32.2. The predicted octanol–water partition coefficient (Wildman–Crippen LogP) is 2.60. The van der Waals surface area contributed by atoms with Crippen LogP contribution in [-0.2, 0) is 0 Å². The molecule has 3 atom stereocenters. The summed E-state index contributed by atoms with van der Waals surface area (Å²) in [6.45, 7) is 5.54. The summed E-state index contributed by atoms with van der Waals surface area (Å²) in [5.41, 5.74) is 0.920. The van der Waals surface area contributed by atoms with Gasteiger partial charge in [-0.3, -0.25) is 0 Å². The molecule has 0 aromatic heterocycles. The Morgan fingerprint density at radius 1 is 1.00 bits per heavy atom. The molecule has 1 aromatic carbocycles. The molecule has 2 nitrogen and oxygen atoms in total. The Kier molecular flexibility index (Phi) is 4.64. The third kappa shape index (κ3) is 3.86. The zero-order valence-corrected chi connectivity index (χ0v) is 10.2. The standard InChI is InChI=1S/C12H18O2S/c1-8(13)10(3)15-12-6-4-11(5-7-12)9(2)14/h4-10,13-14H,1-3H3/t8?,9-,10?/m0/s1. The molecule has 0 fully saturated rings. The van der Waals surface area contributed by atoms with Gasteiger partial charge in [-0.2, -0.15) is 0 Å². The van der Waals surface area contributed by atoms with Crippen molar-refractivity contribution in [2.75, 3.05) is 0 Å². The molecule has 15 heavy (non-hydrogen) atoms. The molecule has 1 rings (SSSR count). The molecular weight excluding hydrogens is 208 g/mol. The first-order valence-corrected chi connectivity index (χ1v) is 6.01. The second-order valence-corrected chi connectivity index (χ2v) is 5.26. The summed E-state index contributed by atoms with van der Waals surface area (Å²) in [5, 5.41) is 18.9. The van der Waals surface area contributed by atoms with Gasteiger partial charge in [-0.1, -0.05) is 19.1 Å². The highest BCUT2D eigenvalue weighted by Crippen LogP contribution is 2.26. The smallest absolute Gasteiger partial charge is 0.0761 e. The summed E-state index contributed by atoms with van der Waals surface area (Å²) < 4.78 is 0. The number of aliphatic hydroxyl groups excluding tert-OH is 2. The predicted molar refractivity (Wildman–Crippen MR) is 64.1 cm³/mol. The second-order valence-electron chi connectivity index (χ2n) is 3.81. The van der Waals surface area contributed by atoms with E-state index in [0.29, 0.717) is 0 Å². The van der Waals surface area contributed by atoms with Gasteiger partial charge in [0.25, 0.3) is 0 Å². The molecule has 2 N–H and O–H groups in total. The lowest BCUT2D eigenvalue weighted by Gasteiger charge is -2.14. The van der Waals surface area contributed by atoms with E-state index in [0.717, 1.165) is 10.5 Å². The fraction of sp³-hybridized carbons (Fsp3) is 0.500. The van der Waals surface area contributed by atoms with Crippen LogP contribution < -0.4 is 0 Å². The van der Waals surface area contributed by atoms with Gasteiger partial charge in [0.2, 0.25) is 0 Å². The van der Waals surface area contributed by atoms with Crippen molar-refractivity contribution in [3.63, 3.8) is 0 Å². The molecule has 3 heteroatoms. The average Bonchev–Trinajstić information content (AvgIpc) is 2.18. The van der Waals surface area contributed by atoms with E-state index in [1.807, 2.05) is 31.2 Å². The summed E-state index contributed by atoms with van der Waals surface area (Å²) >= 11 is 1.64. The summed E-state index contributed by atoms with van der Waals surface area (Å²) in [4.78, 5) is 1.12. The molecule has 84 valence electrons. The van der Waals surface area contributed by atoms with E-state index in [-0.39, 0.29) is 11.4 Å². The third-order valence-electron chi connectivity index (χ3n) is 2.36. The van der Waals surface area contributed by atoms with Crippen LogP contribution in [0.2, 0.25) is 0 Å². The number of benzene rings is 1. The van der Waals surface area contributed by atoms with Gasteiger partial charge in [0.15, 0.2) is 0 Å². The minimum absolute atomic E-state index is 0.183. The van der Waals surface area contributed by atoms with Crippen molar-refractivity contribution in [3.8, 4) is 0 Å². The third-order valence-corrected chi connectivity index (χ3v) is 3.67. The highest BCUT2D eigenvalue weighted by Gasteiger charge is 2.10. The molecule has 2 unspecified atom stereocenters. The number of hydrogen-bond acceptors (Lipinski definition) is 3. The number of aliphatic hydroxyl groups is 2. The Balaban J connectivity index is 2.64. The number of rotatable bonds is 4. The van der Waals surface area contributed by atoms with Crippen LogP contribution in [0.4, 0.5) is 0 Å². The van der Waals surface area contributed by atoms with Crippen molar-refractivity contribution in [3.05, 3.63) is 29.8 Å². The van der Waals surface area contributed by atoms with Crippen molar-refractivity contribution in [1.82, 2.24) is 0 Å². The van der Waals surface area contributed by atoms with E-state index >= 15 is 0 Å². The summed E-state index contributed by atoms with van der Waals surface area (Å²) in [7, 11) is 0. The van der Waals surface area contributed by atoms with Gasteiger partial charge in [-0.05, 0) is 31.5 Å². The van der Waals surface area contributed by atoms with Crippen LogP contribution in [0.5, 0.6) is 0 Å². The average molecular weight is 226 g/mol. The molecule has 0 spiro atoms. The molecule has 0 aliphatic rings. The van der Waals surface area contributed by atoms with E-state index in [2.05, 4.69) is 0 Å². The summed E-state index contributed by atoms with van der Waals surface area (Å²) in [6.07, 6.45) is -0.732. The monoisotopic (exact) mass is 226 g/mol. The van der Waals surface area contributed by atoms with Crippen molar-refractivity contribution < 1.29 is 10.2 Å². The van der Waals surface area contributed by atoms with Crippen LogP contribution in [-0.4, -0.2) is 21.6 Å². The number of hydrogen-bond donors (Lipinski definition) is 2. The van der Waals surface area contributed by atoms with Crippen molar-refractivity contribution >= 4 is 11.8 Å². The lowest BCUT2D eigenvalue weighted by atomic mass is 10.1. The molecule has 0 aliphatic carbocycles. The minimum Gasteiger partial charge on any atom is -0.392 e. The first kappa shape index (κ1) is 12.6. The minimum atomic E-state index is -0.418. The van der Waals surface area contributed by atoms with E-state index in [1.165, 1.54) is 0 Å². The molecule has 0 heterocycles. The van der Waals surface area contributed by atoms with Crippen LogP contribution in [0.3, 0.4) is 0 Å². The van der Waals surface area contributed by atoms with Crippen molar-refractivity contribution in [2.24, 2.45) is 0 Å². The quantitative estimate of drug-likeness (QED) is 0.775. The first-order valence-electron chi connectivity index (χ1n) is 5.13. The van der Waals surface area contributed by atoms with Gasteiger partial charge in [-0.25, -0.2) is 0 Å². The molecular formula is C12H18O2S. The largest absolute Gasteiger partial charge is 0.392 e. The molecule has 0 radical (unpaired) electrons. The van der Waals surface area contributed by atoms with E-state index in [1.54, 1.807) is 25.6 Å². The van der Waals surface area contributed by atoms with Crippen molar-refractivity contribution in [1.29, 1.82) is 0 Å². The van der Waals surface area contributed by atoms with Gasteiger partial charge in [0.1, 0.15) is 0 Å². The Morgan fingerprint density at radius 2 is 1.53 bits per heavy atom. The summed E-state index contributed by atoms with van der Waals surface area (Å²) in [6, 6.07) is 7.79. The molecule has 1 aromatic rings. The van der Waals surface area contributed by atoms with Crippen LogP contribution in [0, 0.1) is 0 Å². The fourth-order valence-corrected chi connectivity index (χ4v) is 2.06. The molecule has 0 saturated heterocycles. The van der Waals surface area contributed by atoms with Crippen LogP contribution in [0.1, 0.15) is 32.4 Å². The summed E-state index contributed by atoms with van der Waals surface area (Å²) in [5.74, 6) is 0. The van der Waals surface area contributed by atoms with E-state index in [9.17, 15) is 10.2 Å². The van der Waals surface area contributed by atoms with Crippen LogP contribution >= 0.6 is 11.8 Å². The van der Waals surface area contributed by atoms with Gasteiger partial charge in [-0.15, -0.1) is 11.8 Å². The lowest BCUT2D eigenvalue weighted by molar-refractivity contribution is 0.196. The Morgan fingerprint density at radius 3 is 1.93 bits per heavy atom. The zero-order valence-electron chi connectivity index (χ0n) is 9.34. The van der Waals surface area contributed by atoms with Crippen molar-refractivity contribution in [2.45, 2.75) is 43.1 Å². The second kappa shape index (κ2) is 5.54. The van der Waals surface area contributed by atoms with Gasteiger partial charge >= 0.3 is 0 Å². The Bertz CT molecular complexity index is 293. The molecule has 0 saturated carbocycles. The molecule has 0 bridgehead atoms. The molecule has 0 aliphatic heterocycles. The molecule has 0 amide bonds. The SMILES string of the molecule is CC(O)C(C)Sc1ccc([C@H](C)O)cc1. The van der Waals surface area contributed by atoms with Crippen LogP contribution in [0.25, 0.3) is 0 Å². The van der Waals surface area contributed by atoms with E-state index < -0.39 is 6.10 Å².